The lowest BCUT2D eigenvalue weighted by Crippen LogP contribution is -2.16. The van der Waals surface area contributed by atoms with Crippen LogP contribution in [0.5, 0.6) is 0 Å². The highest BCUT2D eigenvalue weighted by atomic mass is 35.5. The van der Waals surface area contributed by atoms with Crippen molar-refractivity contribution in [2.24, 2.45) is 0 Å². The molecule has 0 aliphatic carbocycles. The second-order valence-electron chi connectivity index (χ2n) is 3.66. The lowest BCUT2D eigenvalue weighted by atomic mass is 10.1. The average molecular weight is 284 g/mol. The van der Waals surface area contributed by atoms with Crippen LogP contribution in [0.2, 0.25) is 5.15 Å². The standard InChI is InChI=1S/C12H8ClF2N3O/c13-9-5-10(17-6-16-9)18-11(19)4-7-2-1-3-8(14)12(7)15/h1-3,5-6H,4H2,(H,16,17,18,19). The van der Waals surface area contributed by atoms with Crippen LogP contribution < -0.4 is 5.32 Å². The first kappa shape index (κ1) is 13.4. The Morgan fingerprint density at radius 2 is 2.11 bits per heavy atom. The van der Waals surface area contributed by atoms with Crippen LogP contribution in [0, 0.1) is 11.6 Å². The lowest BCUT2D eigenvalue weighted by Gasteiger charge is -2.05. The van der Waals surface area contributed by atoms with Crippen LogP contribution >= 0.6 is 11.6 Å². The minimum absolute atomic E-state index is 0.0300. The van der Waals surface area contributed by atoms with E-state index < -0.39 is 17.5 Å². The average Bonchev–Trinajstić information content (AvgIpc) is 2.35. The van der Waals surface area contributed by atoms with E-state index in [0.717, 1.165) is 6.07 Å². The van der Waals surface area contributed by atoms with Crippen molar-refractivity contribution in [3.8, 4) is 0 Å². The normalized spacial score (nSPS) is 10.3. The van der Waals surface area contributed by atoms with Crippen molar-refractivity contribution in [3.05, 3.63) is 52.9 Å². The fraction of sp³-hybridized carbons (Fsp3) is 0.0833. The van der Waals surface area contributed by atoms with Gasteiger partial charge >= 0.3 is 0 Å². The van der Waals surface area contributed by atoms with Crippen LogP contribution in [-0.4, -0.2) is 15.9 Å². The highest BCUT2D eigenvalue weighted by Crippen LogP contribution is 2.13. The molecule has 0 radical (unpaired) electrons. The molecule has 0 atom stereocenters. The van der Waals surface area contributed by atoms with E-state index in [-0.39, 0.29) is 23.0 Å². The molecule has 1 aromatic heterocycles. The van der Waals surface area contributed by atoms with Gasteiger partial charge in [-0.2, -0.15) is 0 Å². The Bertz CT molecular complexity index is 622. The van der Waals surface area contributed by atoms with E-state index in [1.807, 2.05) is 0 Å². The molecule has 0 bridgehead atoms. The number of halogens is 3. The Kier molecular flexibility index (Phi) is 4.01. The van der Waals surface area contributed by atoms with Crippen molar-refractivity contribution in [3.63, 3.8) is 0 Å². The number of amides is 1. The van der Waals surface area contributed by atoms with E-state index in [9.17, 15) is 13.6 Å². The van der Waals surface area contributed by atoms with Crippen molar-refractivity contribution < 1.29 is 13.6 Å². The third-order valence-corrected chi connectivity index (χ3v) is 2.49. The number of aromatic nitrogens is 2. The zero-order valence-electron chi connectivity index (χ0n) is 9.53. The van der Waals surface area contributed by atoms with Gasteiger partial charge in [0, 0.05) is 11.6 Å². The molecule has 4 nitrogen and oxygen atoms in total. The Balaban J connectivity index is 2.08. The summed E-state index contributed by atoms with van der Waals surface area (Å²) in [6, 6.07) is 5.01. The van der Waals surface area contributed by atoms with Crippen LogP contribution in [-0.2, 0) is 11.2 Å². The van der Waals surface area contributed by atoms with E-state index >= 15 is 0 Å². The van der Waals surface area contributed by atoms with Crippen molar-refractivity contribution in [1.29, 1.82) is 0 Å². The first-order chi connectivity index (χ1) is 9.06. The maximum Gasteiger partial charge on any atom is 0.230 e. The minimum Gasteiger partial charge on any atom is -0.310 e. The van der Waals surface area contributed by atoms with Gasteiger partial charge in [-0.15, -0.1) is 0 Å². The molecule has 0 aliphatic heterocycles. The van der Waals surface area contributed by atoms with Crippen LogP contribution in [0.25, 0.3) is 0 Å². The maximum absolute atomic E-state index is 13.4. The highest BCUT2D eigenvalue weighted by molar-refractivity contribution is 6.29. The number of anilines is 1. The molecular formula is C12H8ClF2N3O. The zero-order valence-corrected chi connectivity index (χ0v) is 10.3. The monoisotopic (exact) mass is 283 g/mol. The number of nitrogens with zero attached hydrogens (tertiary/aromatic N) is 2. The topological polar surface area (TPSA) is 54.9 Å². The van der Waals surface area contributed by atoms with E-state index in [2.05, 4.69) is 15.3 Å². The summed E-state index contributed by atoms with van der Waals surface area (Å²) in [6.45, 7) is 0. The summed E-state index contributed by atoms with van der Waals surface area (Å²) in [5, 5.41) is 2.58. The number of nitrogens with one attached hydrogen (secondary N) is 1. The molecule has 0 unspecified atom stereocenters. The molecule has 2 aromatic rings. The van der Waals surface area contributed by atoms with E-state index in [1.54, 1.807) is 0 Å². The van der Waals surface area contributed by atoms with Gasteiger partial charge in [-0.25, -0.2) is 18.7 Å². The molecular weight excluding hydrogens is 276 g/mol. The largest absolute Gasteiger partial charge is 0.310 e. The smallest absolute Gasteiger partial charge is 0.230 e. The summed E-state index contributed by atoms with van der Waals surface area (Å²) in [5.74, 6) is -2.35. The van der Waals surface area contributed by atoms with Crippen molar-refractivity contribution >= 4 is 23.3 Å². The summed E-state index contributed by atoms with van der Waals surface area (Å²) in [6.07, 6.45) is 0.881. The van der Waals surface area contributed by atoms with Gasteiger partial charge in [0.15, 0.2) is 11.6 Å². The second kappa shape index (κ2) is 5.71. The third-order valence-electron chi connectivity index (χ3n) is 2.28. The zero-order chi connectivity index (χ0) is 13.8. The van der Waals surface area contributed by atoms with Gasteiger partial charge in [-0.3, -0.25) is 4.79 Å². The molecule has 0 aliphatic rings. The van der Waals surface area contributed by atoms with Crippen LogP contribution in [0.3, 0.4) is 0 Å². The first-order valence-corrected chi connectivity index (χ1v) is 5.64. The van der Waals surface area contributed by atoms with Crippen molar-refractivity contribution in [2.45, 2.75) is 6.42 Å². The van der Waals surface area contributed by atoms with Crippen LogP contribution in [0.15, 0.2) is 30.6 Å². The molecule has 98 valence electrons. The summed E-state index contributed by atoms with van der Waals surface area (Å²) in [5.41, 5.74) is -0.0300. The summed E-state index contributed by atoms with van der Waals surface area (Å²) >= 11 is 5.62. The summed E-state index contributed by atoms with van der Waals surface area (Å²) < 4.78 is 26.3. The minimum atomic E-state index is -1.03. The highest BCUT2D eigenvalue weighted by Gasteiger charge is 2.12. The number of benzene rings is 1. The quantitative estimate of drug-likeness (QED) is 0.881. The number of carbonyl (C=O) groups is 1. The van der Waals surface area contributed by atoms with Gasteiger partial charge in [0.2, 0.25) is 5.91 Å². The molecule has 1 N–H and O–H groups in total. The lowest BCUT2D eigenvalue weighted by molar-refractivity contribution is -0.115. The molecule has 0 saturated heterocycles. The Hall–Kier alpha value is -2.08. The van der Waals surface area contributed by atoms with Gasteiger partial charge in [0.05, 0.1) is 6.42 Å². The van der Waals surface area contributed by atoms with Crippen LogP contribution in [0.1, 0.15) is 5.56 Å². The van der Waals surface area contributed by atoms with Crippen molar-refractivity contribution in [1.82, 2.24) is 9.97 Å². The molecule has 7 heteroatoms. The maximum atomic E-state index is 13.4. The van der Waals surface area contributed by atoms with Crippen molar-refractivity contribution in [2.75, 3.05) is 5.32 Å². The Labute approximate surface area is 112 Å². The number of hydrogen-bond acceptors (Lipinski definition) is 3. The molecule has 1 amide bonds. The molecule has 0 fully saturated rings. The molecule has 19 heavy (non-hydrogen) atoms. The van der Waals surface area contributed by atoms with Gasteiger partial charge < -0.3 is 5.32 Å². The fourth-order valence-electron chi connectivity index (χ4n) is 1.45. The van der Waals surface area contributed by atoms with E-state index in [4.69, 9.17) is 11.6 Å². The molecule has 1 heterocycles. The summed E-state index contributed by atoms with van der Waals surface area (Å²) in [4.78, 5) is 19.1. The van der Waals surface area contributed by atoms with Gasteiger partial charge in [0.25, 0.3) is 0 Å². The number of carbonyl (C=O) groups excluding carboxylic acids is 1. The SMILES string of the molecule is O=C(Cc1cccc(F)c1F)Nc1cc(Cl)ncn1. The molecule has 2 rings (SSSR count). The summed E-state index contributed by atoms with van der Waals surface area (Å²) in [7, 11) is 0. The number of rotatable bonds is 3. The second-order valence-corrected chi connectivity index (χ2v) is 4.05. The molecule has 0 spiro atoms. The Morgan fingerprint density at radius 3 is 2.84 bits per heavy atom. The van der Waals surface area contributed by atoms with Gasteiger partial charge in [-0.05, 0) is 6.07 Å². The van der Waals surface area contributed by atoms with E-state index in [1.165, 1.54) is 24.5 Å². The molecule has 0 saturated carbocycles. The van der Waals surface area contributed by atoms with Crippen LogP contribution in [0.4, 0.5) is 14.6 Å². The third kappa shape index (κ3) is 3.45. The molecule has 1 aromatic carbocycles. The van der Waals surface area contributed by atoms with Gasteiger partial charge in [-0.1, -0.05) is 23.7 Å². The fourth-order valence-corrected chi connectivity index (χ4v) is 1.59. The Morgan fingerprint density at radius 1 is 1.32 bits per heavy atom. The first-order valence-electron chi connectivity index (χ1n) is 5.26. The predicted molar refractivity (Wildman–Crippen MR) is 65.7 cm³/mol. The van der Waals surface area contributed by atoms with Gasteiger partial charge in [0.1, 0.15) is 17.3 Å². The predicted octanol–water partition coefficient (Wildman–Crippen LogP) is 2.59. The number of hydrogen-bond donors (Lipinski definition) is 1. The van der Waals surface area contributed by atoms with E-state index in [0.29, 0.717) is 0 Å².